The molecule has 0 saturated carbocycles. The maximum Gasteiger partial charge on any atom is 0.219 e. The van der Waals surface area contributed by atoms with Crippen molar-refractivity contribution in [1.82, 2.24) is 14.9 Å². The minimum atomic E-state index is 0.359. The third-order valence-electron chi connectivity index (χ3n) is 3.17. The van der Waals surface area contributed by atoms with Crippen molar-refractivity contribution in [3.05, 3.63) is 45.3 Å². The molecule has 0 aliphatic rings. The highest BCUT2D eigenvalue weighted by Crippen LogP contribution is 2.35. The smallest absolute Gasteiger partial charge is 0.219 e. The van der Waals surface area contributed by atoms with Gasteiger partial charge >= 0.3 is 0 Å². The average molecular weight is 409 g/mol. The predicted octanol–water partition coefficient (Wildman–Crippen LogP) is 3.86. The molecular formula is C15H13BrN4O3S. The number of furan rings is 1. The molecule has 0 fully saturated rings. The largest absolute Gasteiger partial charge is 0.493 e. The molecule has 124 valence electrons. The number of hydrogen-bond donors (Lipinski definition) is 1. The predicted molar refractivity (Wildman–Crippen MR) is 95.4 cm³/mol. The minimum absolute atomic E-state index is 0.359. The van der Waals surface area contributed by atoms with Crippen LogP contribution in [0.4, 0.5) is 0 Å². The van der Waals surface area contributed by atoms with Crippen LogP contribution < -0.4 is 9.47 Å². The van der Waals surface area contributed by atoms with Crippen molar-refractivity contribution in [3.63, 3.8) is 0 Å². The summed E-state index contributed by atoms with van der Waals surface area (Å²) in [7, 11) is 3.16. The summed E-state index contributed by atoms with van der Waals surface area (Å²) in [6.45, 7) is 0. The molecule has 9 heteroatoms. The van der Waals surface area contributed by atoms with Gasteiger partial charge in [-0.2, -0.15) is 9.78 Å². The van der Waals surface area contributed by atoms with E-state index in [4.69, 9.17) is 26.1 Å². The molecule has 0 radical (unpaired) electrons. The first-order valence-corrected chi connectivity index (χ1v) is 8.01. The molecule has 1 aromatic carbocycles. The number of methoxy groups -OCH3 is 2. The van der Waals surface area contributed by atoms with E-state index in [0.717, 1.165) is 10.0 Å². The fourth-order valence-electron chi connectivity index (χ4n) is 2.10. The van der Waals surface area contributed by atoms with Crippen LogP contribution in [0, 0.1) is 4.77 Å². The zero-order chi connectivity index (χ0) is 17.1. The van der Waals surface area contributed by atoms with Gasteiger partial charge in [0.25, 0.3) is 0 Å². The molecule has 0 atom stereocenters. The van der Waals surface area contributed by atoms with E-state index in [1.54, 1.807) is 38.8 Å². The number of hydrogen-bond acceptors (Lipinski definition) is 6. The lowest BCUT2D eigenvalue weighted by Gasteiger charge is -2.10. The number of ether oxygens (including phenoxy) is 2. The third-order valence-corrected chi connectivity index (χ3v) is 4.02. The Morgan fingerprint density at radius 3 is 2.88 bits per heavy atom. The van der Waals surface area contributed by atoms with Gasteiger partial charge < -0.3 is 13.9 Å². The van der Waals surface area contributed by atoms with Crippen LogP contribution in [0.25, 0.3) is 11.6 Å². The third kappa shape index (κ3) is 3.13. The molecule has 0 aliphatic heterocycles. The van der Waals surface area contributed by atoms with Crippen molar-refractivity contribution >= 4 is 34.4 Å². The second kappa shape index (κ2) is 7.02. The molecule has 2 heterocycles. The number of aromatic nitrogens is 3. The maximum absolute atomic E-state index is 5.34. The molecule has 0 unspecified atom stereocenters. The van der Waals surface area contributed by atoms with Crippen molar-refractivity contribution in [3.8, 4) is 23.1 Å². The Morgan fingerprint density at radius 1 is 1.38 bits per heavy atom. The van der Waals surface area contributed by atoms with Crippen molar-refractivity contribution < 1.29 is 13.9 Å². The molecule has 7 nitrogen and oxygen atoms in total. The van der Waals surface area contributed by atoms with E-state index in [-0.39, 0.29) is 0 Å². The van der Waals surface area contributed by atoms with Gasteiger partial charge in [-0.15, -0.1) is 5.10 Å². The summed E-state index contributed by atoms with van der Waals surface area (Å²) in [6, 6.07) is 7.22. The second-order valence-electron chi connectivity index (χ2n) is 4.62. The quantitative estimate of drug-likeness (QED) is 0.512. The van der Waals surface area contributed by atoms with Crippen LogP contribution in [0.1, 0.15) is 5.56 Å². The lowest BCUT2D eigenvalue weighted by Crippen LogP contribution is -1.96. The molecule has 1 N–H and O–H groups in total. The molecule has 2 aromatic heterocycles. The highest BCUT2D eigenvalue weighted by atomic mass is 79.9. The Labute approximate surface area is 151 Å². The monoisotopic (exact) mass is 408 g/mol. The summed E-state index contributed by atoms with van der Waals surface area (Å²) in [5.41, 5.74) is 0.799. The summed E-state index contributed by atoms with van der Waals surface area (Å²) in [4.78, 5) is 0. The molecular weight excluding hydrogens is 396 g/mol. The summed E-state index contributed by atoms with van der Waals surface area (Å²) in [5, 5.41) is 11.2. The number of rotatable bonds is 5. The fraction of sp³-hybridized carbons (Fsp3) is 0.133. The minimum Gasteiger partial charge on any atom is -0.493 e. The number of halogens is 1. The van der Waals surface area contributed by atoms with Gasteiger partial charge in [-0.1, -0.05) is 0 Å². The van der Waals surface area contributed by atoms with Gasteiger partial charge in [-0.3, -0.25) is 0 Å². The molecule has 3 rings (SSSR count). The van der Waals surface area contributed by atoms with Gasteiger partial charge in [0.05, 0.1) is 31.2 Å². The van der Waals surface area contributed by atoms with Gasteiger partial charge in [0.15, 0.2) is 17.3 Å². The zero-order valence-corrected chi connectivity index (χ0v) is 15.2. The van der Waals surface area contributed by atoms with Crippen LogP contribution in [0.2, 0.25) is 0 Å². The Morgan fingerprint density at radius 2 is 2.21 bits per heavy atom. The van der Waals surface area contributed by atoms with Crippen LogP contribution in [0.15, 0.2) is 44.5 Å². The highest BCUT2D eigenvalue weighted by molar-refractivity contribution is 9.10. The topological polar surface area (TPSA) is 77.6 Å². The van der Waals surface area contributed by atoms with Gasteiger partial charge in [0.1, 0.15) is 0 Å². The van der Waals surface area contributed by atoms with Gasteiger partial charge in [0.2, 0.25) is 10.6 Å². The fourth-order valence-corrected chi connectivity index (χ4v) is 2.90. The van der Waals surface area contributed by atoms with Gasteiger partial charge in [-0.25, -0.2) is 5.10 Å². The summed E-state index contributed by atoms with van der Waals surface area (Å²) < 4.78 is 18.6. The van der Waals surface area contributed by atoms with Crippen LogP contribution in [0.5, 0.6) is 11.5 Å². The Kier molecular flexibility index (Phi) is 4.81. The van der Waals surface area contributed by atoms with Crippen LogP contribution in [-0.4, -0.2) is 35.3 Å². The molecule has 0 bridgehead atoms. The maximum atomic E-state index is 5.34. The van der Waals surface area contributed by atoms with Gasteiger partial charge in [0, 0.05) is 0 Å². The molecule has 0 spiro atoms. The van der Waals surface area contributed by atoms with Crippen LogP contribution in [0.3, 0.4) is 0 Å². The lowest BCUT2D eigenvalue weighted by atomic mass is 10.2. The van der Waals surface area contributed by atoms with Crippen molar-refractivity contribution in [2.24, 2.45) is 5.10 Å². The van der Waals surface area contributed by atoms with E-state index in [1.807, 2.05) is 12.1 Å². The van der Waals surface area contributed by atoms with Gasteiger partial charge in [-0.05, 0) is 58.0 Å². The number of aromatic amines is 1. The first kappa shape index (κ1) is 16.5. The van der Waals surface area contributed by atoms with E-state index in [0.29, 0.717) is 27.9 Å². The molecule has 0 aliphatic carbocycles. The van der Waals surface area contributed by atoms with E-state index in [1.165, 1.54) is 4.68 Å². The summed E-state index contributed by atoms with van der Waals surface area (Å²) in [6.07, 6.45) is 3.21. The zero-order valence-electron chi connectivity index (χ0n) is 12.8. The molecule has 0 saturated heterocycles. The first-order valence-electron chi connectivity index (χ1n) is 6.81. The molecule has 24 heavy (non-hydrogen) atoms. The van der Waals surface area contributed by atoms with Crippen LogP contribution in [-0.2, 0) is 0 Å². The molecule has 0 amide bonds. The molecule has 3 aromatic rings. The van der Waals surface area contributed by atoms with E-state index < -0.39 is 0 Å². The summed E-state index contributed by atoms with van der Waals surface area (Å²) in [5.74, 6) is 2.26. The Balaban J connectivity index is 2.00. The Hall–Kier alpha value is -2.39. The number of nitrogens with zero attached hydrogens (tertiary/aromatic N) is 3. The number of nitrogens with one attached hydrogen (secondary N) is 1. The van der Waals surface area contributed by atoms with E-state index >= 15 is 0 Å². The van der Waals surface area contributed by atoms with Crippen molar-refractivity contribution in [2.45, 2.75) is 0 Å². The lowest BCUT2D eigenvalue weighted by molar-refractivity contribution is 0.353. The number of H-pyrrole nitrogens is 1. The van der Waals surface area contributed by atoms with E-state index in [9.17, 15) is 0 Å². The second-order valence-corrected chi connectivity index (χ2v) is 5.87. The highest BCUT2D eigenvalue weighted by Gasteiger charge is 2.12. The normalized spacial score (nSPS) is 11.1. The standard InChI is InChI=1S/C15H13BrN4O3S/c1-21-12-7-9(6-10(16)13(12)22-2)8-17-20-14(18-19-15(20)24)11-4-3-5-23-11/h3-8H,1-2H3,(H,19,24)/b17-8-. The SMILES string of the molecule is COc1cc(/C=N\n2c(-c3ccco3)n[nH]c2=S)cc(Br)c1OC. The first-order chi connectivity index (χ1) is 11.6. The van der Waals surface area contributed by atoms with Crippen molar-refractivity contribution in [1.29, 1.82) is 0 Å². The van der Waals surface area contributed by atoms with E-state index in [2.05, 4.69) is 31.2 Å². The van der Waals surface area contributed by atoms with Crippen LogP contribution >= 0.6 is 28.1 Å². The average Bonchev–Trinajstić information content (AvgIpc) is 3.22. The summed E-state index contributed by atoms with van der Waals surface area (Å²) >= 11 is 8.66. The number of benzene rings is 1. The Bertz CT molecular complexity index is 931. The van der Waals surface area contributed by atoms with Crippen molar-refractivity contribution in [2.75, 3.05) is 14.2 Å².